The molecule has 1 unspecified atom stereocenters. The van der Waals surface area contributed by atoms with Crippen molar-refractivity contribution in [3.63, 3.8) is 0 Å². The van der Waals surface area contributed by atoms with E-state index in [2.05, 4.69) is 22.1 Å². The van der Waals surface area contributed by atoms with Gasteiger partial charge in [0, 0.05) is 6.54 Å². The quantitative estimate of drug-likeness (QED) is 0.282. The highest BCUT2D eigenvalue weighted by Gasteiger charge is 2.20. The lowest BCUT2D eigenvalue weighted by molar-refractivity contribution is -0.113. The fourth-order valence-electron chi connectivity index (χ4n) is 2.69. The molecule has 2 N–H and O–H groups in total. The largest absolute Gasteiger partial charge is 0.506 e. The van der Waals surface area contributed by atoms with Gasteiger partial charge in [0.1, 0.15) is 11.5 Å². The lowest BCUT2D eigenvalue weighted by Gasteiger charge is -2.16. The number of phenols is 1. The molecule has 0 aliphatic carbocycles. The molecular weight excluding hydrogens is 424 g/mol. The zero-order chi connectivity index (χ0) is 21.5. The van der Waals surface area contributed by atoms with Crippen LogP contribution in [0.25, 0.3) is 0 Å². The Balaban J connectivity index is 1.69. The van der Waals surface area contributed by atoms with Gasteiger partial charge in [-0.25, -0.2) is 0 Å². The Labute approximate surface area is 183 Å². The minimum absolute atomic E-state index is 0.0125. The van der Waals surface area contributed by atoms with Crippen molar-refractivity contribution >= 4 is 35.0 Å². The lowest BCUT2D eigenvalue weighted by atomic mass is 10.3. The van der Waals surface area contributed by atoms with Crippen molar-refractivity contribution in [1.82, 2.24) is 14.8 Å². The van der Waals surface area contributed by atoms with Gasteiger partial charge in [-0.1, -0.05) is 53.7 Å². The number of aromatic hydroxyl groups is 1. The molecule has 1 amide bonds. The number of anilines is 1. The summed E-state index contributed by atoms with van der Waals surface area (Å²) in [6.45, 7) is 6.10. The van der Waals surface area contributed by atoms with Crippen molar-refractivity contribution in [1.29, 1.82) is 0 Å². The highest BCUT2D eigenvalue weighted by atomic mass is 35.5. The number of aromatic nitrogens is 3. The maximum absolute atomic E-state index is 12.3. The van der Waals surface area contributed by atoms with Crippen LogP contribution in [0.5, 0.6) is 11.5 Å². The first-order chi connectivity index (χ1) is 14.5. The van der Waals surface area contributed by atoms with Crippen LogP contribution >= 0.6 is 23.4 Å². The molecule has 0 aliphatic rings. The number of amides is 1. The summed E-state index contributed by atoms with van der Waals surface area (Å²) in [6, 6.07) is 13.8. The zero-order valence-electron chi connectivity index (χ0n) is 16.3. The second-order valence-electron chi connectivity index (χ2n) is 6.28. The van der Waals surface area contributed by atoms with E-state index in [1.165, 1.54) is 17.8 Å². The number of allylic oxidation sites excluding steroid dienone is 1. The Morgan fingerprint density at radius 2 is 2.03 bits per heavy atom. The molecule has 0 saturated carbocycles. The van der Waals surface area contributed by atoms with Crippen LogP contribution < -0.4 is 10.1 Å². The first-order valence-corrected chi connectivity index (χ1v) is 10.5. The summed E-state index contributed by atoms with van der Waals surface area (Å²) in [4.78, 5) is 12.3. The Morgan fingerprint density at radius 3 is 2.77 bits per heavy atom. The van der Waals surface area contributed by atoms with E-state index in [1.807, 2.05) is 23.6 Å². The Bertz CT molecular complexity index is 1040. The van der Waals surface area contributed by atoms with E-state index >= 15 is 0 Å². The summed E-state index contributed by atoms with van der Waals surface area (Å²) in [5, 5.41) is 22.0. The normalized spacial score (nSPS) is 11.7. The van der Waals surface area contributed by atoms with Crippen molar-refractivity contribution < 1.29 is 14.6 Å². The fraction of sp³-hybridized carbons (Fsp3) is 0.190. The number of phenolic OH excluding ortho intramolecular Hbond substituents is 1. The van der Waals surface area contributed by atoms with Gasteiger partial charge in [-0.3, -0.25) is 9.36 Å². The summed E-state index contributed by atoms with van der Waals surface area (Å²) in [5.74, 6) is 0.994. The van der Waals surface area contributed by atoms with Crippen LogP contribution in [0.4, 0.5) is 5.69 Å². The monoisotopic (exact) mass is 444 g/mol. The Hall–Kier alpha value is -2.97. The van der Waals surface area contributed by atoms with Gasteiger partial charge < -0.3 is 15.2 Å². The third-order valence-corrected chi connectivity index (χ3v) is 5.35. The maximum Gasteiger partial charge on any atom is 0.234 e. The van der Waals surface area contributed by atoms with Gasteiger partial charge in [-0.15, -0.1) is 16.8 Å². The molecule has 0 saturated heterocycles. The van der Waals surface area contributed by atoms with Gasteiger partial charge in [-0.2, -0.15) is 0 Å². The smallest absolute Gasteiger partial charge is 0.234 e. The number of halogens is 1. The first-order valence-electron chi connectivity index (χ1n) is 9.15. The molecule has 0 aliphatic heterocycles. The maximum atomic E-state index is 12.3. The third-order valence-electron chi connectivity index (χ3n) is 4.07. The summed E-state index contributed by atoms with van der Waals surface area (Å²) < 4.78 is 7.78. The standard InChI is InChI=1S/C21H21ClN4O3S/c1-3-12-26-20(14(2)29-18-11-7-4-8-15(18)22)24-25-21(26)30-13-19(28)23-16-9-5-6-10-17(16)27/h3-11,14,27H,1,12-13H2,2H3,(H,23,28). The Morgan fingerprint density at radius 1 is 1.30 bits per heavy atom. The van der Waals surface area contributed by atoms with Gasteiger partial charge in [0.05, 0.1) is 16.5 Å². The second kappa shape index (κ2) is 10.2. The van der Waals surface area contributed by atoms with Crippen LogP contribution in [0, 0.1) is 0 Å². The molecule has 156 valence electrons. The molecule has 1 aromatic heterocycles. The van der Waals surface area contributed by atoms with E-state index in [0.29, 0.717) is 34.0 Å². The van der Waals surface area contributed by atoms with E-state index in [4.69, 9.17) is 16.3 Å². The van der Waals surface area contributed by atoms with Crippen LogP contribution in [-0.4, -0.2) is 31.5 Å². The number of benzene rings is 2. The molecule has 0 spiro atoms. The predicted molar refractivity (Wildman–Crippen MR) is 118 cm³/mol. The fourth-order valence-corrected chi connectivity index (χ4v) is 3.62. The number of rotatable bonds is 9. The van der Waals surface area contributed by atoms with Crippen molar-refractivity contribution in [3.05, 3.63) is 72.0 Å². The number of hydrogen-bond acceptors (Lipinski definition) is 6. The minimum atomic E-state index is -0.415. The van der Waals surface area contributed by atoms with Crippen LogP contribution in [0.15, 0.2) is 66.3 Å². The summed E-state index contributed by atoms with van der Waals surface area (Å²) >= 11 is 7.41. The van der Waals surface area contributed by atoms with E-state index in [-0.39, 0.29) is 17.4 Å². The van der Waals surface area contributed by atoms with Gasteiger partial charge in [0.2, 0.25) is 5.91 Å². The van der Waals surface area contributed by atoms with Crippen LogP contribution in [0.2, 0.25) is 5.02 Å². The summed E-state index contributed by atoms with van der Waals surface area (Å²) in [5.41, 5.74) is 0.359. The van der Waals surface area contributed by atoms with Gasteiger partial charge in [0.15, 0.2) is 17.1 Å². The highest BCUT2D eigenvalue weighted by Crippen LogP contribution is 2.29. The molecule has 1 heterocycles. The number of thioether (sulfide) groups is 1. The average molecular weight is 445 g/mol. The second-order valence-corrected chi connectivity index (χ2v) is 7.63. The molecular formula is C21H21ClN4O3S. The zero-order valence-corrected chi connectivity index (χ0v) is 17.9. The summed E-state index contributed by atoms with van der Waals surface area (Å²) in [7, 11) is 0. The predicted octanol–water partition coefficient (Wildman–Crippen LogP) is 4.69. The number of nitrogens with one attached hydrogen (secondary N) is 1. The van der Waals surface area contributed by atoms with Gasteiger partial charge >= 0.3 is 0 Å². The molecule has 3 aromatic rings. The Kier molecular flexibility index (Phi) is 7.37. The third kappa shape index (κ3) is 5.34. The first kappa shape index (κ1) is 21.7. The molecule has 0 radical (unpaired) electrons. The number of para-hydroxylation sites is 3. The highest BCUT2D eigenvalue weighted by molar-refractivity contribution is 7.99. The molecule has 3 rings (SSSR count). The van der Waals surface area contributed by atoms with Crippen molar-refractivity contribution in [2.24, 2.45) is 0 Å². The molecule has 1 atom stereocenters. The molecule has 0 bridgehead atoms. The number of carbonyl (C=O) groups is 1. The van der Waals surface area contributed by atoms with Gasteiger partial charge in [0.25, 0.3) is 0 Å². The number of hydrogen-bond donors (Lipinski definition) is 2. The van der Waals surface area contributed by atoms with E-state index < -0.39 is 6.10 Å². The van der Waals surface area contributed by atoms with E-state index in [0.717, 1.165) is 0 Å². The number of ether oxygens (including phenoxy) is 1. The summed E-state index contributed by atoms with van der Waals surface area (Å²) in [6.07, 6.45) is 1.31. The van der Waals surface area contributed by atoms with Crippen LogP contribution in [0.1, 0.15) is 18.9 Å². The SMILES string of the molecule is C=CCn1c(SCC(=O)Nc2ccccc2O)nnc1C(C)Oc1ccccc1Cl. The average Bonchev–Trinajstić information content (AvgIpc) is 3.13. The van der Waals surface area contributed by atoms with Crippen molar-refractivity contribution in [2.45, 2.75) is 24.7 Å². The minimum Gasteiger partial charge on any atom is -0.506 e. The molecule has 2 aromatic carbocycles. The molecule has 7 nitrogen and oxygen atoms in total. The number of nitrogens with zero attached hydrogens (tertiary/aromatic N) is 3. The molecule has 30 heavy (non-hydrogen) atoms. The van der Waals surface area contributed by atoms with Gasteiger partial charge in [-0.05, 0) is 31.2 Å². The van der Waals surface area contributed by atoms with Crippen LogP contribution in [-0.2, 0) is 11.3 Å². The number of carbonyl (C=O) groups excluding carboxylic acids is 1. The van der Waals surface area contributed by atoms with E-state index in [1.54, 1.807) is 36.4 Å². The van der Waals surface area contributed by atoms with E-state index in [9.17, 15) is 9.90 Å². The van der Waals surface area contributed by atoms with Crippen molar-refractivity contribution in [3.8, 4) is 11.5 Å². The lowest BCUT2D eigenvalue weighted by Crippen LogP contribution is -2.15. The molecule has 9 heteroatoms. The van der Waals surface area contributed by atoms with Crippen molar-refractivity contribution in [2.75, 3.05) is 11.1 Å². The molecule has 0 fully saturated rings. The van der Waals surface area contributed by atoms with Crippen LogP contribution in [0.3, 0.4) is 0 Å². The topological polar surface area (TPSA) is 89.3 Å².